The molecule has 0 atom stereocenters. The highest BCUT2D eigenvalue weighted by Gasteiger charge is 2.16. The second-order valence-electron chi connectivity index (χ2n) is 7.50. The van der Waals surface area contributed by atoms with Crippen LogP contribution in [0, 0.1) is 5.92 Å². The van der Waals surface area contributed by atoms with Gasteiger partial charge in [0.2, 0.25) is 0 Å². The molecule has 1 aliphatic rings. The Morgan fingerprint density at radius 3 is 2.26 bits per heavy atom. The molecule has 2 heteroatoms. The van der Waals surface area contributed by atoms with E-state index in [4.69, 9.17) is 0 Å². The molecule has 2 nitrogen and oxygen atoms in total. The summed E-state index contributed by atoms with van der Waals surface area (Å²) in [6.45, 7) is 10.5. The first kappa shape index (κ1) is 17.0. The fourth-order valence-electron chi connectivity index (χ4n) is 3.05. The fraction of sp³-hybridized carbons (Fsp3) is 1.00. The summed E-state index contributed by atoms with van der Waals surface area (Å²) in [4.78, 5) is 2.56. The maximum atomic E-state index is 3.56. The lowest BCUT2D eigenvalue weighted by Crippen LogP contribution is -2.36. The topological polar surface area (TPSA) is 15.3 Å². The smallest absolute Gasteiger partial charge is 0.00965 e. The van der Waals surface area contributed by atoms with Gasteiger partial charge in [-0.25, -0.2) is 0 Å². The molecular formula is C17H36N2. The number of hydrogen-bond acceptors (Lipinski definition) is 2. The standard InChI is InChI=1S/C17H36N2/c1-17(2,3)18-13-9-5-6-10-14-19(4)15-16-11-7-8-12-16/h16,18H,5-15H2,1-4H3. The molecule has 1 N–H and O–H groups in total. The van der Waals surface area contributed by atoms with Crippen molar-refractivity contribution in [3.63, 3.8) is 0 Å². The third kappa shape index (κ3) is 9.45. The first-order valence-corrected chi connectivity index (χ1v) is 8.41. The van der Waals surface area contributed by atoms with Crippen LogP contribution in [0.4, 0.5) is 0 Å². The van der Waals surface area contributed by atoms with Crippen molar-refractivity contribution in [2.45, 2.75) is 77.7 Å². The third-order valence-electron chi connectivity index (χ3n) is 4.17. The largest absolute Gasteiger partial charge is 0.312 e. The van der Waals surface area contributed by atoms with Gasteiger partial charge in [-0.15, -0.1) is 0 Å². The monoisotopic (exact) mass is 268 g/mol. The molecule has 114 valence electrons. The molecule has 19 heavy (non-hydrogen) atoms. The Hall–Kier alpha value is -0.0800. The fourth-order valence-corrected chi connectivity index (χ4v) is 3.05. The van der Waals surface area contributed by atoms with E-state index in [2.05, 4.69) is 38.0 Å². The molecule has 0 bridgehead atoms. The molecule has 0 amide bonds. The van der Waals surface area contributed by atoms with Crippen molar-refractivity contribution in [2.75, 3.05) is 26.7 Å². The van der Waals surface area contributed by atoms with Gasteiger partial charge in [0.25, 0.3) is 0 Å². The SMILES string of the molecule is CN(CCCCCCNC(C)(C)C)CC1CCCC1. The van der Waals surface area contributed by atoms with E-state index >= 15 is 0 Å². The Kier molecular flexibility index (Phi) is 8.01. The van der Waals surface area contributed by atoms with Crippen LogP contribution in [0.5, 0.6) is 0 Å². The summed E-state index contributed by atoms with van der Waals surface area (Å²) in [6.07, 6.45) is 11.4. The zero-order valence-electron chi connectivity index (χ0n) is 13.8. The van der Waals surface area contributed by atoms with E-state index in [-0.39, 0.29) is 5.54 Å². The van der Waals surface area contributed by atoms with Crippen LogP contribution in [-0.4, -0.2) is 37.1 Å². The number of rotatable bonds is 9. The lowest BCUT2D eigenvalue weighted by Gasteiger charge is -2.21. The van der Waals surface area contributed by atoms with Crippen molar-refractivity contribution in [1.82, 2.24) is 10.2 Å². The van der Waals surface area contributed by atoms with Gasteiger partial charge in [-0.3, -0.25) is 0 Å². The van der Waals surface area contributed by atoms with Crippen LogP contribution < -0.4 is 5.32 Å². The molecular weight excluding hydrogens is 232 g/mol. The van der Waals surface area contributed by atoms with Gasteiger partial charge in [0.15, 0.2) is 0 Å². The second-order valence-corrected chi connectivity index (χ2v) is 7.50. The summed E-state index contributed by atoms with van der Waals surface area (Å²) in [7, 11) is 2.31. The number of nitrogens with one attached hydrogen (secondary N) is 1. The molecule has 0 spiro atoms. The van der Waals surface area contributed by atoms with Gasteiger partial charge in [-0.05, 0) is 72.5 Å². The second kappa shape index (κ2) is 8.97. The number of hydrogen-bond donors (Lipinski definition) is 1. The average molecular weight is 268 g/mol. The molecule has 0 heterocycles. The summed E-state index contributed by atoms with van der Waals surface area (Å²) in [6, 6.07) is 0. The van der Waals surface area contributed by atoms with Crippen LogP contribution in [0.1, 0.15) is 72.1 Å². The van der Waals surface area contributed by atoms with Crippen LogP contribution >= 0.6 is 0 Å². The van der Waals surface area contributed by atoms with Gasteiger partial charge in [0.05, 0.1) is 0 Å². The molecule has 0 unspecified atom stereocenters. The van der Waals surface area contributed by atoms with E-state index < -0.39 is 0 Å². The lowest BCUT2D eigenvalue weighted by molar-refractivity contribution is 0.272. The molecule has 1 saturated carbocycles. The highest BCUT2D eigenvalue weighted by atomic mass is 15.1. The first-order chi connectivity index (χ1) is 8.97. The molecule has 0 radical (unpaired) electrons. The Balaban J connectivity index is 1.87. The normalized spacial score (nSPS) is 17.5. The predicted molar refractivity (Wildman–Crippen MR) is 85.7 cm³/mol. The van der Waals surface area contributed by atoms with E-state index in [1.165, 1.54) is 71.0 Å². The highest BCUT2D eigenvalue weighted by molar-refractivity contribution is 4.71. The van der Waals surface area contributed by atoms with E-state index in [0.29, 0.717) is 0 Å². The summed E-state index contributed by atoms with van der Waals surface area (Å²) >= 11 is 0. The Bertz CT molecular complexity index is 214. The predicted octanol–water partition coefficient (Wildman–Crippen LogP) is 4.06. The Morgan fingerprint density at radius 2 is 1.63 bits per heavy atom. The van der Waals surface area contributed by atoms with Crippen molar-refractivity contribution < 1.29 is 0 Å². The number of unbranched alkanes of at least 4 members (excludes halogenated alkanes) is 3. The van der Waals surface area contributed by atoms with Crippen molar-refractivity contribution in [3.05, 3.63) is 0 Å². The third-order valence-corrected chi connectivity index (χ3v) is 4.17. The minimum atomic E-state index is 0.279. The quantitative estimate of drug-likeness (QED) is 0.635. The van der Waals surface area contributed by atoms with Crippen molar-refractivity contribution in [1.29, 1.82) is 0 Å². The first-order valence-electron chi connectivity index (χ1n) is 8.41. The maximum Gasteiger partial charge on any atom is 0.00965 e. The molecule has 1 rings (SSSR count). The molecule has 1 aliphatic carbocycles. The molecule has 1 fully saturated rings. The van der Waals surface area contributed by atoms with Gasteiger partial charge in [-0.1, -0.05) is 25.7 Å². The molecule has 0 aromatic carbocycles. The zero-order valence-corrected chi connectivity index (χ0v) is 13.8. The molecule has 0 aromatic heterocycles. The van der Waals surface area contributed by atoms with E-state index in [9.17, 15) is 0 Å². The minimum absolute atomic E-state index is 0.279. The van der Waals surface area contributed by atoms with E-state index in [1.807, 2.05) is 0 Å². The van der Waals surface area contributed by atoms with Gasteiger partial charge in [0.1, 0.15) is 0 Å². The molecule has 0 saturated heterocycles. The van der Waals surface area contributed by atoms with Crippen LogP contribution in [0.3, 0.4) is 0 Å². The Morgan fingerprint density at radius 1 is 1.00 bits per heavy atom. The van der Waals surface area contributed by atoms with Crippen molar-refractivity contribution in [2.24, 2.45) is 5.92 Å². The lowest BCUT2D eigenvalue weighted by atomic mass is 10.1. The maximum absolute atomic E-state index is 3.56. The van der Waals surface area contributed by atoms with E-state index in [1.54, 1.807) is 0 Å². The van der Waals surface area contributed by atoms with Crippen LogP contribution in [0.25, 0.3) is 0 Å². The van der Waals surface area contributed by atoms with Gasteiger partial charge < -0.3 is 10.2 Å². The van der Waals surface area contributed by atoms with Gasteiger partial charge in [0, 0.05) is 12.1 Å². The van der Waals surface area contributed by atoms with Crippen molar-refractivity contribution >= 4 is 0 Å². The minimum Gasteiger partial charge on any atom is -0.312 e. The number of nitrogens with zero attached hydrogens (tertiary/aromatic N) is 1. The summed E-state index contributed by atoms with van der Waals surface area (Å²) < 4.78 is 0. The van der Waals surface area contributed by atoms with Crippen molar-refractivity contribution in [3.8, 4) is 0 Å². The molecule has 0 aliphatic heterocycles. The van der Waals surface area contributed by atoms with Gasteiger partial charge in [-0.2, -0.15) is 0 Å². The zero-order chi connectivity index (χ0) is 14.1. The van der Waals surface area contributed by atoms with E-state index in [0.717, 1.165) is 5.92 Å². The highest BCUT2D eigenvalue weighted by Crippen LogP contribution is 2.25. The summed E-state index contributed by atoms with van der Waals surface area (Å²) in [5.41, 5.74) is 0.279. The van der Waals surface area contributed by atoms with Crippen LogP contribution in [0.15, 0.2) is 0 Å². The summed E-state index contributed by atoms with van der Waals surface area (Å²) in [5.74, 6) is 1.00. The molecule has 0 aromatic rings. The van der Waals surface area contributed by atoms with Crippen LogP contribution in [-0.2, 0) is 0 Å². The average Bonchev–Trinajstić information content (AvgIpc) is 2.79. The van der Waals surface area contributed by atoms with Gasteiger partial charge >= 0.3 is 0 Å². The Labute approximate surface area is 121 Å². The summed E-state index contributed by atoms with van der Waals surface area (Å²) in [5, 5.41) is 3.56. The van der Waals surface area contributed by atoms with Crippen LogP contribution in [0.2, 0.25) is 0 Å².